The number of ketones is 1. The molecule has 3 rings (SSSR count). The summed E-state index contributed by atoms with van der Waals surface area (Å²) in [6.07, 6.45) is 0. The number of hydrogen-bond donors (Lipinski definition) is 0. The smallest absolute Gasteiger partial charge is 0.277 e. The molecule has 2 aromatic carbocycles. The fraction of sp³-hybridized carbons (Fsp3) is 0.286. The van der Waals surface area contributed by atoms with E-state index in [-0.39, 0.29) is 11.0 Å². The van der Waals surface area contributed by atoms with Crippen LogP contribution in [0.5, 0.6) is 0 Å². The summed E-state index contributed by atoms with van der Waals surface area (Å²) in [6.45, 7) is 9.95. The van der Waals surface area contributed by atoms with Crippen LogP contribution in [0.1, 0.15) is 39.5 Å². The first-order valence-electron chi connectivity index (χ1n) is 8.54. The van der Waals surface area contributed by atoms with Crippen molar-refractivity contribution in [3.8, 4) is 11.5 Å². The Labute approximate surface area is 158 Å². The van der Waals surface area contributed by atoms with E-state index in [0.29, 0.717) is 11.1 Å². The highest BCUT2D eigenvalue weighted by Gasteiger charge is 2.22. The topological polar surface area (TPSA) is 56.0 Å². The summed E-state index contributed by atoms with van der Waals surface area (Å²) in [5.41, 5.74) is 6.11. The Morgan fingerprint density at radius 1 is 0.962 bits per heavy atom. The molecule has 1 heterocycles. The van der Waals surface area contributed by atoms with Gasteiger partial charge in [0.1, 0.15) is 0 Å². The number of rotatable bonds is 5. The molecular formula is C21H22N2O2S. The summed E-state index contributed by atoms with van der Waals surface area (Å²) in [5, 5.41) is 8.28. The lowest BCUT2D eigenvalue weighted by molar-refractivity contribution is 0.0993. The molecule has 1 aromatic heterocycles. The van der Waals surface area contributed by atoms with Crippen molar-refractivity contribution in [3.05, 3.63) is 64.2 Å². The number of nitrogens with zero attached hydrogens (tertiary/aromatic N) is 2. The number of benzene rings is 2. The summed E-state index contributed by atoms with van der Waals surface area (Å²) in [4.78, 5) is 12.8. The summed E-state index contributed by atoms with van der Waals surface area (Å²) in [6, 6.07) is 11.9. The maximum atomic E-state index is 12.8. The summed E-state index contributed by atoms with van der Waals surface area (Å²) in [5.74, 6) is 0.542. The fourth-order valence-electron chi connectivity index (χ4n) is 2.72. The van der Waals surface area contributed by atoms with Gasteiger partial charge in [-0.25, -0.2) is 0 Å². The maximum absolute atomic E-state index is 12.8. The second kappa shape index (κ2) is 7.46. The van der Waals surface area contributed by atoms with Crippen LogP contribution in [0.3, 0.4) is 0 Å². The Morgan fingerprint density at radius 3 is 2.31 bits per heavy atom. The third kappa shape index (κ3) is 3.88. The third-order valence-corrected chi connectivity index (χ3v) is 5.39. The van der Waals surface area contributed by atoms with Gasteiger partial charge in [0, 0.05) is 11.1 Å². The molecule has 0 aliphatic carbocycles. The summed E-state index contributed by atoms with van der Waals surface area (Å²) >= 11 is 1.29. The van der Waals surface area contributed by atoms with Crippen LogP contribution in [0, 0.1) is 27.7 Å². The quantitative estimate of drug-likeness (QED) is 0.451. The van der Waals surface area contributed by atoms with E-state index in [2.05, 4.69) is 23.2 Å². The predicted molar refractivity (Wildman–Crippen MR) is 105 cm³/mol. The van der Waals surface area contributed by atoms with Crippen molar-refractivity contribution in [3.63, 3.8) is 0 Å². The Balaban J connectivity index is 1.76. The van der Waals surface area contributed by atoms with Crippen molar-refractivity contribution in [2.24, 2.45) is 0 Å². The molecule has 26 heavy (non-hydrogen) atoms. The van der Waals surface area contributed by atoms with E-state index in [1.54, 1.807) is 0 Å². The van der Waals surface area contributed by atoms with Gasteiger partial charge in [0.2, 0.25) is 5.89 Å². The summed E-state index contributed by atoms with van der Waals surface area (Å²) in [7, 11) is 0. The standard InChI is InChI=1S/C21H22N2O2S/c1-12-6-8-17(9-7-12)20-22-23-21(25-20)26-16(5)19(24)18-11-14(3)13(2)10-15(18)4/h6-11,16H,1-5H3. The Hall–Kier alpha value is -2.40. The van der Waals surface area contributed by atoms with Crippen LogP contribution in [0.2, 0.25) is 0 Å². The lowest BCUT2D eigenvalue weighted by Gasteiger charge is -2.12. The first kappa shape index (κ1) is 18.4. The van der Waals surface area contributed by atoms with Crippen LogP contribution in [0.15, 0.2) is 46.0 Å². The fourth-order valence-corrected chi connectivity index (χ4v) is 3.47. The van der Waals surface area contributed by atoms with Gasteiger partial charge in [-0.15, -0.1) is 10.2 Å². The molecular weight excluding hydrogens is 344 g/mol. The molecule has 134 valence electrons. The first-order chi connectivity index (χ1) is 12.3. The van der Waals surface area contributed by atoms with Gasteiger partial charge >= 0.3 is 0 Å². The average Bonchev–Trinajstić information content (AvgIpc) is 3.06. The molecule has 0 aliphatic heterocycles. The molecule has 0 amide bonds. The number of Topliss-reactive ketones (excluding diaryl/α,β-unsaturated/α-hetero) is 1. The second-order valence-corrected chi connectivity index (χ2v) is 7.91. The zero-order valence-corrected chi connectivity index (χ0v) is 16.5. The van der Waals surface area contributed by atoms with Crippen LogP contribution < -0.4 is 0 Å². The van der Waals surface area contributed by atoms with Crippen molar-refractivity contribution in [2.45, 2.75) is 45.1 Å². The van der Waals surface area contributed by atoms with E-state index in [1.807, 2.05) is 58.0 Å². The molecule has 0 spiro atoms. The molecule has 4 nitrogen and oxygen atoms in total. The minimum absolute atomic E-state index is 0.0747. The number of aromatic nitrogens is 2. The molecule has 3 aromatic rings. The molecule has 1 atom stereocenters. The molecule has 5 heteroatoms. The lowest BCUT2D eigenvalue weighted by Crippen LogP contribution is -2.15. The monoisotopic (exact) mass is 366 g/mol. The largest absolute Gasteiger partial charge is 0.411 e. The highest BCUT2D eigenvalue weighted by molar-refractivity contribution is 8.00. The molecule has 0 radical (unpaired) electrons. The van der Waals surface area contributed by atoms with Gasteiger partial charge in [0.05, 0.1) is 5.25 Å². The number of thioether (sulfide) groups is 1. The number of aryl methyl sites for hydroxylation is 4. The van der Waals surface area contributed by atoms with Crippen molar-refractivity contribution >= 4 is 17.5 Å². The highest BCUT2D eigenvalue weighted by atomic mass is 32.2. The van der Waals surface area contributed by atoms with E-state index in [9.17, 15) is 4.79 Å². The molecule has 0 saturated heterocycles. The van der Waals surface area contributed by atoms with Crippen LogP contribution in [-0.4, -0.2) is 21.2 Å². The van der Waals surface area contributed by atoms with Gasteiger partial charge in [-0.1, -0.05) is 35.5 Å². The van der Waals surface area contributed by atoms with Crippen LogP contribution in [-0.2, 0) is 0 Å². The van der Waals surface area contributed by atoms with Gasteiger partial charge in [0.25, 0.3) is 5.22 Å². The van der Waals surface area contributed by atoms with Crippen LogP contribution in [0.4, 0.5) is 0 Å². The zero-order chi connectivity index (χ0) is 18.8. The van der Waals surface area contributed by atoms with Crippen molar-refractivity contribution in [1.82, 2.24) is 10.2 Å². The van der Waals surface area contributed by atoms with E-state index in [4.69, 9.17) is 4.42 Å². The molecule has 0 N–H and O–H groups in total. The molecule has 0 saturated carbocycles. The Bertz CT molecular complexity index is 945. The predicted octanol–water partition coefficient (Wildman–Crippen LogP) is 5.33. The van der Waals surface area contributed by atoms with Gasteiger partial charge in [0.15, 0.2) is 5.78 Å². The number of carbonyl (C=O) groups excluding carboxylic acids is 1. The molecule has 0 aliphatic rings. The van der Waals surface area contributed by atoms with Gasteiger partial charge in [-0.05, 0) is 69.5 Å². The minimum Gasteiger partial charge on any atom is -0.411 e. The molecule has 1 unspecified atom stereocenters. The second-order valence-electron chi connectivity index (χ2n) is 6.61. The van der Waals surface area contributed by atoms with E-state index in [0.717, 1.165) is 22.3 Å². The zero-order valence-electron chi connectivity index (χ0n) is 15.7. The van der Waals surface area contributed by atoms with Crippen molar-refractivity contribution < 1.29 is 9.21 Å². The first-order valence-corrected chi connectivity index (χ1v) is 9.42. The third-order valence-electron chi connectivity index (χ3n) is 4.46. The van der Waals surface area contributed by atoms with E-state index >= 15 is 0 Å². The molecule has 0 bridgehead atoms. The van der Waals surface area contributed by atoms with Gasteiger partial charge < -0.3 is 4.42 Å². The lowest BCUT2D eigenvalue weighted by atomic mass is 9.97. The Kier molecular flexibility index (Phi) is 5.28. The summed E-state index contributed by atoms with van der Waals surface area (Å²) < 4.78 is 5.73. The van der Waals surface area contributed by atoms with Gasteiger partial charge in [-0.3, -0.25) is 4.79 Å². The molecule has 0 fully saturated rings. The van der Waals surface area contributed by atoms with E-state index < -0.39 is 0 Å². The van der Waals surface area contributed by atoms with Crippen LogP contribution >= 0.6 is 11.8 Å². The van der Waals surface area contributed by atoms with Crippen molar-refractivity contribution in [2.75, 3.05) is 0 Å². The Morgan fingerprint density at radius 2 is 1.62 bits per heavy atom. The maximum Gasteiger partial charge on any atom is 0.277 e. The highest BCUT2D eigenvalue weighted by Crippen LogP contribution is 2.29. The van der Waals surface area contributed by atoms with Crippen molar-refractivity contribution in [1.29, 1.82) is 0 Å². The van der Waals surface area contributed by atoms with Crippen LogP contribution in [0.25, 0.3) is 11.5 Å². The average molecular weight is 366 g/mol. The van der Waals surface area contributed by atoms with E-state index in [1.165, 1.54) is 22.9 Å². The SMILES string of the molecule is Cc1ccc(-c2nnc(SC(C)C(=O)c3cc(C)c(C)cc3C)o2)cc1. The number of hydrogen-bond acceptors (Lipinski definition) is 5. The normalized spacial score (nSPS) is 12.2. The number of carbonyl (C=O) groups is 1. The minimum atomic E-state index is -0.304. The van der Waals surface area contributed by atoms with Gasteiger partial charge in [-0.2, -0.15) is 0 Å².